The lowest BCUT2D eigenvalue weighted by Crippen LogP contribution is -2.34. The SMILES string of the molecule is CCN1CCCC(c2nc(Nc3cccc(F)c3)cc(-c3cccnc3)n2)C1. The first kappa shape index (κ1) is 18.5. The van der Waals surface area contributed by atoms with E-state index in [0.29, 0.717) is 17.4 Å². The molecule has 1 aliphatic rings. The van der Waals surface area contributed by atoms with Crippen LogP contribution in [0.5, 0.6) is 0 Å². The Morgan fingerprint density at radius 3 is 2.89 bits per heavy atom. The molecule has 3 aromatic rings. The van der Waals surface area contributed by atoms with Crippen LogP contribution in [0.15, 0.2) is 54.9 Å². The molecule has 1 fully saturated rings. The van der Waals surface area contributed by atoms with Crippen LogP contribution >= 0.6 is 0 Å². The van der Waals surface area contributed by atoms with Gasteiger partial charge in [0.25, 0.3) is 0 Å². The van der Waals surface area contributed by atoms with Crippen LogP contribution in [-0.2, 0) is 0 Å². The summed E-state index contributed by atoms with van der Waals surface area (Å²) in [5.74, 6) is 1.51. The van der Waals surface area contributed by atoms with Crippen molar-refractivity contribution < 1.29 is 4.39 Å². The molecular weight excluding hydrogens is 353 g/mol. The molecule has 0 spiro atoms. The maximum absolute atomic E-state index is 13.6. The first-order valence-corrected chi connectivity index (χ1v) is 9.75. The first-order valence-electron chi connectivity index (χ1n) is 9.75. The molecular formula is C22H24FN5. The maximum atomic E-state index is 13.6. The largest absolute Gasteiger partial charge is 0.340 e. The van der Waals surface area contributed by atoms with Crippen LogP contribution < -0.4 is 5.32 Å². The fourth-order valence-corrected chi connectivity index (χ4v) is 3.64. The summed E-state index contributed by atoms with van der Waals surface area (Å²) in [6.07, 6.45) is 5.77. The molecule has 1 unspecified atom stereocenters. The Labute approximate surface area is 164 Å². The van der Waals surface area contributed by atoms with Gasteiger partial charge in [0.05, 0.1) is 5.69 Å². The number of piperidine rings is 1. The van der Waals surface area contributed by atoms with Gasteiger partial charge >= 0.3 is 0 Å². The zero-order valence-corrected chi connectivity index (χ0v) is 16.0. The second-order valence-corrected chi connectivity index (χ2v) is 7.11. The Morgan fingerprint density at radius 2 is 2.11 bits per heavy atom. The zero-order valence-electron chi connectivity index (χ0n) is 16.0. The van der Waals surface area contributed by atoms with E-state index >= 15 is 0 Å². The second kappa shape index (κ2) is 8.44. The number of nitrogens with zero attached hydrogens (tertiary/aromatic N) is 4. The molecule has 2 aromatic heterocycles. The molecule has 28 heavy (non-hydrogen) atoms. The Hall–Kier alpha value is -2.86. The van der Waals surface area contributed by atoms with Gasteiger partial charge in [-0.2, -0.15) is 0 Å². The zero-order chi connectivity index (χ0) is 19.3. The van der Waals surface area contributed by atoms with E-state index in [1.165, 1.54) is 12.1 Å². The molecule has 144 valence electrons. The van der Waals surface area contributed by atoms with Crippen molar-refractivity contribution in [1.29, 1.82) is 0 Å². The van der Waals surface area contributed by atoms with Crippen molar-refractivity contribution in [2.75, 3.05) is 25.0 Å². The number of nitrogens with one attached hydrogen (secondary N) is 1. The minimum atomic E-state index is -0.280. The van der Waals surface area contributed by atoms with Crippen molar-refractivity contribution in [3.05, 3.63) is 66.5 Å². The first-order chi connectivity index (χ1) is 13.7. The summed E-state index contributed by atoms with van der Waals surface area (Å²) >= 11 is 0. The predicted molar refractivity (Wildman–Crippen MR) is 109 cm³/mol. The van der Waals surface area contributed by atoms with E-state index in [9.17, 15) is 4.39 Å². The van der Waals surface area contributed by atoms with Crippen molar-refractivity contribution in [3.63, 3.8) is 0 Å². The van der Waals surface area contributed by atoms with Crippen LogP contribution in [-0.4, -0.2) is 39.5 Å². The summed E-state index contributed by atoms with van der Waals surface area (Å²) in [4.78, 5) is 16.3. The fraction of sp³-hybridized carbons (Fsp3) is 0.318. The highest BCUT2D eigenvalue weighted by Gasteiger charge is 2.23. The average molecular weight is 377 g/mol. The molecule has 3 heterocycles. The van der Waals surface area contributed by atoms with E-state index < -0.39 is 0 Å². The van der Waals surface area contributed by atoms with Crippen LogP contribution in [0.2, 0.25) is 0 Å². The summed E-state index contributed by atoms with van der Waals surface area (Å²) in [6, 6.07) is 12.2. The summed E-state index contributed by atoms with van der Waals surface area (Å²) in [6.45, 7) is 5.32. The highest BCUT2D eigenvalue weighted by molar-refractivity contribution is 5.65. The number of benzene rings is 1. The van der Waals surface area contributed by atoms with E-state index in [4.69, 9.17) is 9.97 Å². The molecule has 4 rings (SSSR count). The second-order valence-electron chi connectivity index (χ2n) is 7.11. The van der Waals surface area contributed by atoms with Gasteiger partial charge in [-0.15, -0.1) is 0 Å². The number of hydrogen-bond acceptors (Lipinski definition) is 5. The molecule has 0 aliphatic carbocycles. The molecule has 1 aliphatic heterocycles. The van der Waals surface area contributed by atoms with Gasteiger partial charge in [0, 0.05) is 42.2 Å². The van der Waals surface area contributed by atoms with Crippen LogP contribution in [0.25, 0.3) is 11.3 Å². The lowest BCUT2D eigenvalue weighted by atomic mass is 9.97. The Bertz CT molecular complexity index is 931. The van der Waals surface area contributed by atoms with Gasteiger partial charge in [0.1, 0.15) is 17.5 Å². The fourth-order valence-electron chi connectivity index (χ4n) is 3.64. The molecule has 1 aromatic carbocycles. The Kier molecular flexibility index (Phi) is 5.58. The van der Waals surface area contributed by atoms with Crippen LogP contribution in [0, 0.1) is 5.82 Å². The van der Waals surface area contributed by atoms with Gasteiger partial charge in [-0.1, -0.05) is 13.0 Å². The van der Waals surface area contributed by atoms with Crippen molar-refractivity contribution >= 4 is 11.5 Å². The number of anilines is 2. The van der Waals surface area contributed by atoms with Gasteiger partial charge in [-0.3, -0.25) is 4.98 Å². The van der Waals surface area contributed by atoms with Gasteiger partial charge in [0.15, 0.2) is 0 Å². The van der Waals surface area contributed by atoms with Gasteiger partial charge in [-0.25, -0.2) is 14.4 Å². The molecule has 6 heteroatoms. The Balaban J connectivity index is 1.70. The van der Waals surface area contributed by atoms with Gasteiger partial charge in [0.2, 0.25) is 0 Å². The third-order valence-corrected chi connectivity index (χ3v) is 5.12. The number of likely N-dealkylation sites (N-methyl/N-ethyl adjacent to an activating group) is 1. The third kappa shape index (κ3) is 4.34. The van der Waals surface area contributed by atoms with E-state index in [0.717, 1.165) is 49.6 Å². The summed E-state index contributed by atoms with van der Waals surface area (Å²) < 4.78 is 13.6. The minimum absolute atomic E-state index is 0.280. The molecule has 1 saturated heterocycles. The summed E-state index contributed by atoms with van der Waals surface area (Å²) in [5, 5.41) is 3.23. The molecule has 0 saturated carbocycles. The monoisotopic (exact) mass is 377 g/mol. The maximum Gasteiger partial charge on any atom is 0.135 e. The third-order valence-electron chi connectivity index (χ3n) is 5.12. The normalized spacial score (nSPS) is 17.4. The number of hydrogen-bond donors (Lipinski definition) is 1. The van der Waals surface area contributed by atoms with Crippen molar-refractivity contribution in [3.8, 4) is 11.3 Å². The van der Waals surface area contributed by atoms with Crippen molar-refractivity contribution in [2.45, 2.75) is 25.7 Å². The van der Waals surface area contributed by atoms with Crippen LogP contribution in [0.1, 0.15) is 31.5 Å². The number of pyridine rings is 1. The minimum Gasteiger partial charge on any atom is -0.340 e. The number of rotatable bonds is 5. The highest BCUT2D eigenvalue weighted by atomic mass is 19.1. The quantitative estimate of drug-likeness (QED) is 0.703. The molecule has 5 nitrogen and oxygen atoms in total. The summed E-state index contributed by atoms with van der Waals surface area (Å²) in [7, 11) is 0. The van der Waals surface area contributed by atoms with E-state index in [1.54, 1.807) is 18.5 Å². The van der Waals surface area contributed by atoms with Crippen molar-refractivity contribution in [2.24, 2.45) is 0 Å². The van der Waals surface area contributed by atoms with E-state index in [-0.39, 0.29) is 5.82 Å². The van der Waals surface area contributed by atoms with Crippen LogP contribution in [0.3, 0.4) is 0 Å². The molecule has 0 radical (unpaired) electrons. The topological polar surface area (TPSA) is 53.9 Å². The molecule has 0 amide bonds. The van der Waals surface area contributed by atoms with Gasteiger partial charge < -0.3 is 10.2 Å². The van der Waals surface area contributed by atoms with E-state index in [1.807, 2.05) is 24.3 Å². The standard InChI is InChI=1S/C22H24FN5/c1-2-28-11-5-7-17(15-28)22-26-20(16-6-4-10-24-14-16)13-21(27-22)25-19-9-3-8-18(23)12-19/h3-4,6,8-10,12-14,17H,2,5,7,11,15H2,1H3,(H,25,26,27). The van der Waals surface area contributed by atoms with E-state index in [2.05, 4.69) is 22.1 Å². The Morgan fingerprint density at radius 1 is 1.18 bits per heavy atom. The molecule has 1 atom stereocenters. The lowest BCUT2D eigenvalue weighted by molar-refractivity contribution is 0.214. The number of halogens is 1. The van der Waals surface area contributed by atoms with Crippen molar-refractivity contribution in [1.82, 2.24) is 19.9 Å². The predicted octanol–water partition coefficient (Wildman–Crippen LogP) is 4.62. The highest BCUT2D eigenvalue weighted by Crippen LogP contribution is 2.29. The lowest BCUT2D eigenvalue weighted by Gasteiger charge is -2.31. The average Bonchev–Trinajstić information content (AvgIpc) is 2.74. The number of likely N-dealkylation sites (tertiary alicyclic amines) is 1. The smallest absolute Gasteiger partial charge is 0.135 e. The molecule has 0 bridgehead atoms. The van der Waals surface area contributed by atoms with Gasteiger partial charge in [-0.05, 0) is 56.3 Å². The molecule has 1 N–H and O–H groups in total. The van der Waals surface area contributed by atoms with Crippen LogP contribution in [0.4, 0.5) is 15.9 Å². The number of aromatic nitrogens is 3. The summed E-state index contributed by atoms with van der Waals surface area (Å²) in [5.41, 5.74) is 2.43.